The van der Waals surface area contributed by atoms with Crippen molar-refractivity contribution in [1.29, 1.82) is 0 Å². The molecule has 6 heteroatoms. The Morgan fingerprint density at radius 3 is 2.58 bits per heavy atom. The van der Waals surface area contributed by atoms with Crippen LogP contribution in [0.2, 0.25) is 0 Å². The molecule has 0 aliphatic heterocycles. The average molecular weight is 503 g/mol. The summed E-state index contributed by atoms with van der Waals surface area (Å²) in [4.78, 5) is 21.0. The molecule has 0 aliphatic rings. The van der Waals surface area contributed by atoms with E-state index in [2.05, 4.69) is 11.2 Å². The first-order valence-corrected chi connectivity index (χ1v) is 5.18. The van der Waals surface area contributed by atoms with Gasteiger partial charge in [0.25, 0.3) is 0 Å². The first kappa shape index (κ1) is 15.5. The molecule has 0 aliphatic carbocycles. The van der Waals surface area contributed by atoms with Crippen molar-refractivity contribution in [3.05, 3.63) is 29.8 Å². The number of carbonyl (C=O) groups is 1. The molecule has 0 aromatic heterocycles. The van der Waals surface area contributed by atoms with Gasteiger partial charge < -0.3 is 20.0 Å². The molecule has 0 heterocycles. The van der Waals surface area contributed by atoms with Crippen molar-refractivity contribution in [2.75, 3.05) is 6.61 Å². The van der Waals surface area contributed by atoms with Crippen LogP contribution in [0.15, 0.2) is 24.3 Å². The number of aliphatic carboxylic acids is 1. The van der Waals surface area contributed by atoms with E-state index in [0.717, 1.165) is 5.56 Å². The Bertz CT molecular complexity index is 453. The zero-order valence-corrected chi connectivity index (χ0v) is 12.2. The van der Waals surface area contributed by atoms with Crippen LogP contribution in [0.5, 0.6) is 5.75 Å². The maximum Gasteiger partial charge on any atom is 0.323 e. The molecule has 1 atom stereocenters. The number of ether oxygens (including phenoxy) is 1. The van der Waals surface area contributed by atoms with E-state index >= 15 is 0 Å². The molecule has 0 spiro atoms. The van der Waals surface area contributed by atoms with Gasteiger partial charge in [0.1, 0.15) is 18.4 Å². The third kappa shape index (κ3) is 4.91. The molecule has 0 saturated heterocycles. The Hall–Kier alpha value is -3.48. The summed E-state index contributed by atoms with van der Waals surface area (Å²) in [5.74, 6) is 1.85. The maximum atomic E-state index is 10.8. The monoisotopic (exact) mass is 503 g/mol. The van der Waals surface area contributed by atoms with Crippen molar-refractivity contribution in [3.8, 4) is 18.1 Å². The molecule has 1 aromatic rings. The van der Waals surface area contributed by atoms with Gasteiger partial charge in [-0.2, -0.15) is 6.41 Å². The topological polar surface area (TPSA) is 75.6 Å². The van der Waals surface area contributed by atoms with E-state index in [1.54, 1.807) is 24.3 Å². The minimum atomic E-state index is -1.11. The van der Waals surface area contributed by atoms with Crippen LogP contribution in [0.25, 0.3) is 0 Å². The molecule has 1 aromatic carbocycles. The normalized spacial score (nSPS) is 10.5. The van der Waals surface area contributed by atoms with E-state index < -0.39 is 12.0 Å². The van der Waals surface area contributed by atoms with Gasteiger partial charge in [0.15, 0.2) is 0 Å². The summed E-state index contributed by atoms with van der Waals surface area (Å²) in [6.45, 7) is 0.179. The molecule has 106 valence electrons. The molecule has 1 unspecified atom stereocenters. The van der Waals surface area contributed by atoms with Gasteiger partial charge in [0.05, 0.1) is 0 Å². The summed E-state index contributed by atoms with van der Waals surface area (Å²) < 4.78 is 5.18. The minimum Gasteiger partial charge on any atom is -0.520 e. The number of terminal acetylenes is 1. The second-order valence-corrected chi connectivity index (χ2v) is 3.48. The zero-order valence-electron chi connectivity index (χ0n) is 9.84. The Labute approximate surface area is 105 Å². The zero-order chi connectivity index (χ0) is 13.4. The first-order chi connectivity index (χ1) is 8.67. The Balaban J connectivity index is 0.00000324. The predicted octanol–water partition coefficient (Wildman–Crippen LogP) is 0.351. The van der Waals surface area contributed by atoms with Gasteiger partial charge in [0, 0.05) is 6.42 Å². The predicted molar refractivity (Wildman–Crippen MR) is 64.7 cm³/mol. The standard InChI is InChI=1S/C13H12NO4.Fm/c1-2-7-18-11-5-3-10(4-6-11)8-12(13(16)17)14-9-15;/h1,3-6,12H,7-8H2,(H,14,15)(H,16,17);/q-1;. The minimum absolute atomic E-state index is 0. The van der Waals surface area contributed by atoms with Gasteiger partial charge in [-0.15, -0.1) is 6.42 Å². The number of benzene rings is 1. The van der Waals surface area contributed by atoms with Crippen molar-refractivity contribution in [2.24, 2.45) is 0 Å². The van der Waals surface area contributed by atoms with Crippen LogP contribution in [0.4, 0.5) is 0 Å². The van der Waals surface area contributed by atoms with Crippen LogP contribution in [-0.4, -0.2) is 30.1 Å². The van der Waals surface area contributed by atoms with Crippen molar-refractivity contribution in [1.82, 2.24) is 5.32 Å². The number of carboxylic acid groups (broad SMARTS) is 1. The van der Waals surface area contributed by atoms with Crippen LogP contribution in [0, 0.1) is 12.3 Å². The molecule has 19 heavy (non-hydrogen) atoms. The summed E-state index contributed by atoms with van der Waals surface area (Å²) in [5, 5.41) is 11.0. The van der Waals surface area contributed by atoms with Gasteiger partial charge in [-0.3, -0.25) is 4.79 Å². The number of amides is 1. The largest absolute Gasteiger partial charge is 0.520 e. The van der Waals surface area contributed by atoms with Crippen LogP contribution >= 0.6 is 0 Å². The number of rotatable bonds is 7. The first-order valence-electron chi connectivity index (χ1n) is 5.18. The number of carboxylic acids is 1. The fraction of sp³-hybridized carbons (Fsp3) is 0.231. The number of hydrogen-bond acceptors (Lipinski definition) is 3. The molecular weight excluding hydrogens is 491 g/mol. The van der Waals surface area contributed by atoms with Crippen molar-refractivity contribution in [3.63, 3.8) is 0 Å². The Morgan fingerprint density at radius 2 is 2.11 bits per heavy atom. The molecule has 0 bridgehead atoms. The van der Waals surface area contributed by atoms with Crippen LogP contribution in [-0.2, 0) is 16.0 Å². The maximum absolute atomic E-state index is 10.8. The number of carbonyl (C=O) groups excluding carboxylic acids is 1. The molecule has 1 amide bonds. The van der Waals surface area contributed by atoms with Crippen LogP contribution in [0.1, 0.15) is 5.56 Å². The van der Waals surface area contributed by atoms with Crippen molar-refractivity contribution >= 4 is 12.4 Å². The second kappa shape index (κ2) is 7.74. The third-order valence-electron chi connectivity index (χ3n) is 2.22. The molecular formula is C13H12FmNO4-. The van der Waals surface area contributed by atoms with E-state index in [-0.39, 0.29) is 13.0 Å². The smallest absolute Gasteiger partial charge is 0.323 e. The van der Waals surface area contributed by atoms with Gasteiger partial charge in [-0.1, -0.05) is 18.1 Å². The van der Waals surface area contributed by atoms with Crippen molar-refractivity contribution < 1.29 is 19.4 Å². The molecule has 0 radical (unpaired) electrons. The quantitative estimate of drug-likeness (QED) is 0.320. The van der Waals surface area contributed by atoms with E-state index in [9.17, 15) is 9.59 Å². The van der Waals surface area contributed by atoms with Crippen LogP contribution in [0.3, 0.4) is 0 Å². The van der Waals surface area contributed by atoms with E-state index in [1.165, 1.54) is 6.41 Å². The van der Waals surface area contributed by atoms with Gasteiger partial charge in [0.2, 0.25) is 0 Å². The van der Waals surface area contributed by atoms with E-state index in [4.69, 9.17) is 16.3 Å². The number of nitrogens with one attached hydrogen (secondary N) is 1. The third-order valence-corrected chi connectivity index (χ3v) is 2.22. The summed E-state index contributed by atoms with van der Waals surface area (Å²) in [7, 11) is 0. The molecule has 2 N–H and O–H groups in total. The SMILES string of the molecule is C#CCOc1ccc(CC(N[C-]=O)C(=O)O)cc1.[Fm]. The average Bonchev–Trinajstić information content (AvgIpc) is 2.37. The fourth-order valence-corrected chi connectivity index (χ4v) is 1.35. The Morgan fingerprint density at radius 1 is 1.47 bits per heavy atom. The van der Waals surface area contributed by atoms with Crippen molar-refractivity contribution in [2.45, 2.75) is 12.5 Å². The summed E-state index contributed by atoms with van der Waals surface area (Å²) >= 11 is 0. The van der Waals surface area contributed by atoms with E-state index in [0.29, 0.717) is 5.75 Å². The van der Waals surface area contributed by atoms with Crippen LogP contribution < -0.4 is 10.1 Å². The fourth-order valence-electron chi connectivity index (χ4n) is 1.35. The molecule has 0 fully saturated rings. The summed E-state index contributed by atoms with van der Waals surface area (Å²) in [5.41, 5.74) is 0.762. The Kier molecular flexibility index (Phi) is 6.32. The number of hydrogen-bond donors (Lipinski definition) is 2. The summed E-state index contributed by atoms with van der Waals surface area (Å²) in [6.07, 6.45) is 6.62. The second-order valence-electron chi connectivity index (χ2n) is 3.48. The van der Waals surface area contributed by atoms with Gasteiger partial charge in [-0.05, 0) is 17.7 Å². The summed E-state index contributed by atoms with van der Waals surface area (Å²) in [6, 6.07) is 5.83. The van der Waals surface area contributed by atoms with E-state index in [1.807, 2.05) is 0 Å². The molecule has 0 saturated carbocycles. The van der Waals surface area contributed by atoms with Gasteiger partial charge in [-0.25, -0.2) is 0 Å². The van der Waals surface area contributed by atoms with Gasteiger partial charge >= 0.3 is 5.97 Å². The molecule has 5 nitrogen and oxygen atoms in total. The molecule has 1 rings (SSSR count).